The Morgan fingerprint density at radius 1 is 1.09 bits per heavy atom. The normalized spacial score (nSPS) is 10.3. The highest BCUT2D eigenvalue weighted by molar-refractivity contribution is 6.37. The molecule has 1 N–H and O–H groups in total. The average molecular weight is 352 g/mol. The predicted octanol–water partition coefficient (Wildman–Crippen LogP) is 4.77. The lowest BCUT2D eigenvalue weighted by Crippen LogP contribution is -2.12. The second kappa shape index (κ2) is 7.02. The van der Waals surface area contributed by atoms with Crippen LogP contribution < -0.4 is 10.1 Å². The molecule has 0 aromatic heterocycles. The van der Waals surface area contributed by atoms with E-state index in [0.29, 0.717) is 22.6 Å². The summed E-state index contributed by atoms with van der Waals surface area (Å²) >= 11 is 12.1. The summed E-state index contributed by atoms with van der Waals surface area (Å²) in [7, 11) is 1.45. The van der Waals surface area contributed by atoms with E-state index in [2.05, 4.69) is 5.32 Å². The van der Waals surface area contributed by atoms with Crippen LogP contribution in [0.1, 0.15) is 33.2 Å². The van der Waals surface area contributed by atoms with Gasteiger partial charge in [-0.3, -0.25) is 9.59 Å². The molecule has 0 atom stereocenters. The largest absolute Gasteiger partial charge is 0.494 e. The van der Waals surface area contributed by atoms with Crippen LogP contribution in [0.15, 0.2) is 30.3 Å². The Hall–Kier alpha value is -2.04. The number of nitrogens with one attached hydrogen (secondary N) is 1. The van der Waals surface area contributed by atoms with Gasteiger partial charge in [0.25, 0.3) is 5.91 Å². The van der Waals surface area contributed by atoms with Gasteiger partial charge < -0.3 is 10.1 Å². The fourth-order valence-corrected chi connectivity index (χ4v) is 2.87. The maximum Gasteiger partial charge on any atom is 0.255 e. The Morgan fingerprint density at radius 3 is 2.17 bits per heavy atom. The third-order valence-electron chi connectivity index (χ3n) is 3.33. The van der Waals surface area contributed by atoms with Gasteiger partial charge in [0.15, 0.2) is 11.5 Å². The molecule has 0 aliphatic rings. The minimum absolute atomic E-state index is 0.0194. The number of ketones is 1. The summed E-state index contributed by atoms with van der Waals surface area (Å²) in [6, 6.07) is 8.06. The van der Waals surface area contributed by atoms with E-state index >= 15 is 0 Å². The molecule has 4 nitrogen and oxygen atoms in total. The van der Waals surface area contributed by atoms with E-state index in [1.165, 1.54) is 26.2 Å². The Bertz CT molecular complexity index is 764. The van der Waals surface area contributed by atoms with Crippen molar-refractivity contribution in [3.63, 3.8) is 0 Å². The molecule has 2 rings (SSSR count). The Kier molecular flexibility index (Phi) is 5.29. The monoisotopic (exact) mass is 351 g/mol. The molecule has 0 saturated carbocycles. The second-order valence-electron chi connectivity index (χ2n) is 5.01. The van der Waals surface area contributed by atoms with Gasteiger partial charge >= 0.3 is 0 Å². The van der Waals surface area contributed by atoms with Crippen LogP contribution in [0.25, 0.3) is 0 Å². The molecule has 0 aliphatic carbocycles. The smallest absolute Gasteiger partial charge is 0.255 e. The van der Waals surface area contributed by atoms with Gasteiger partial charge in [0.05, 0.1) is 17.2 Å². The summed E-state index contributed by atoms with van der Waals surface area (Å²) in [4.78, 5) is 23.7. The highest BCUT2D eigenvalue weighted by Gasteiger charge is 2.14. The van der Waals surface area contributed by atoms with Crippen LogP contribution in [0, 0.1) is 6.92 Å². The molecule has 2 aromatic carbocycles. The molecule has 0 aliphatic heterocycles. The zero-order valence-corrected chi connectivity index (χ0v) is 14.4. The number of carbonyl (C=O) groups is 2. The standard InChI is InChI=1S/C17H15Cl2NO3/c1-9-6-12(4-5-13(9)10(2)21)20-17(22)11-7-14(18)16(23-3)15(19)8-11/h4-8H,1-3H3,(H,20,22). The molecule has 0 heterocycles. The molecule has 0 bridgehead atoms. The minimum atomic E-state index is -0.355. The number of rotatable bonds is 4. The number of benzene rings is 2. The molecule has 0 radical (unpaired) electrons. The van der Waals surface area contributed by atoms with Crippen LogP contribution >= 0.6 is 23.2 Å². The first kappa shape index (κ1) is 17.3. The van der Waals surface area contributed by atoms with E-state index in [-0.39, 0.29) is 21.7 Å². The number of anilines is 1. The van der Waals surface area contributed by atoms with Crippen LogP contribution in [0.3, 0.4) is 0 Å². The third-order valence-corrected chi connectivity index (χ3v) is 3.89. The summed E-state index contributed by atoms with van der Waals surface area (Å²) in [5.41, 5.74) is 2.31. The van der Waals surface area contributed by atoms with Crippen LogP contribution in [-0.4, -0.2) is 18.8 Å². The molecule has 23 heavy (non-hydrogen) atoms. The number of hydrogen-bond donors (Lipinski definition) is 1. The highest BCUT2D eigenvalue weighted by atomic mass is 35.5. The molecule has 1 amide bonds. The van der Waals surface area contributed by atoms with Crippen molar-refractivity contribution in [1.29, 1.82) is 0 Å². The molecule has 6 heteroatoms. The predicted molar refractivity (Wildman–Crippen MR) is 92.2 cm³/mol. The lowest BCUT2D eigenvalue weighted by atomic mass is 10.0. The highest BCUT2D eigenvalue weighted by Crippen LogP contribution is 2.34. The number of Topliss-reactive ketones (excluding diaryl/α,β-unsaturated/α-hetero) is 1. The van der Waals surface area contributed by atoms with Crippen molar-refractivity contribution < 1.29 is 14.3 Å². The van der Waals surface area contributed by atoms with Crippen molar-refractivity contribution in [3.05, 3.63) is 57.1 Å². The van der Waals surface area contributed by atoms with E-state index in [9.17, 15) is 9.59 Å². The van der Waals surface area contributed by atoms with E-state index in [1.54, 1.807) is 18.2 Å². The second-order valence-corrected chi connectivity index (χ2v) is 5.83. The number of aryl methyl sites for hydroxylation is 1. The summed E-state index contributed by atoms with van der Waals surface area (Å²) in [6.45, 7) is 3.31. The summed E-state index contributed by atoms with van der Waals surface area (Å²) in [5, 5.41) is 3.26. The maximum atomic E-state index is 12.3. The van der Waals surface area contributed by atoms with Crippen molar-refractivity contribution in [2.24, 2.45) is 0 Å². The molecule has 0 saturated heterocycles. The van der Waals surface area contributed by atoms with Gasteiger partial charge in [-0.05, 0) is 49.7 Å². The van der Waals surface area contributed by atoms with Gasteiger partial charge in [-0.15, -0.1) is 0 Å². The maximum absolute atomic E-state index is 12.3. The first-order valence-electron chi connectivity index (χ1n) is 6.79. The summed E-state index contributed by atoms with van der Waals surface area (Å²) in [6.07, 6.45) is 0. The molecule has 0 unspecified atom stereocenters. The lowest BCUT2D eigenvalue weighted by Gasteiger charge is -2.11. The number of hydrogen-bond acceptors (Lipinski definition) is 3. The summed E-state index contributed by atoms with van der Waals surface area (Å²) < 4.78 is 5.05. The van der Waals surface area contributed by atoms with Crippen molar-refractivity contribution in [1.82, 2.24) is 0 Å². The van der Waals surface area contributed by atoms with Gasteiger partial charge in [0, 0.05) is 16.8 Å². The molecular formula is C17H15Cl2NO3. The SMILES string of the molecule is COc1c(Cl)cc(C(=O)Nc2ccc(C(C)=O)c(C)c2)cc1Cl. The van der Waals surface area contributed by atoms with Gasteiger partial charge in [0.1, 0.15) is 0 Å². The van der Waals surface area contributed by atoms with Gasteiger partial charge in [-0.2, -0.15) is 0 Å². The topological polar surface area (TPSA) is 55.4 Å². The number of halogens is 2. The van der Waals surface area contributed by atoms with Crippen LogP contribution in [0.2, 0.25) is 10.0 Å². The molecule has 0 fully saturated rings. The fourth-order valence-electron chi connectivity index (χ4n) is 2.23. The molecular weight excluding hydrogens is 337 g/mol. The third kappa shape index (κ3) is 3.84. The Balaban J connectivity index is 2.26. The Labute approximate surface area is 144 Å². The van der Waals surface area contributed by atoms with Gasteiger partial charge in [-0.25, -0.2) is 0 Å². The summed E-state index contributed by atoms with van der Waals surface area (Å²) in [5.74, 6) is -0.0490. The number of amides is 1. The number of carbonyl (C=O) groups excluding carboxylic acids is 2. The van der Waals surface area contributed by atoms with Crippen molar-refractivity contribution in [2.75, 3.05) is 12.4 Å². The van der Waals surface area contributed by atoms with Crippen LogP contribution in [-0.2, 0) is 0 Å². The van der Waals surface area contributed by atoms with E-state index in [0.717, 1.165) is 5.56 Å². The fraction of sp³-hybridized carbons (Fsp3) is 0.176. The van der Waals surface area contributed by atoms with Crippen molar-refractivity contribution in [3.8, 4) is 5.75 Å². The number of methoxy groups -OCH3 is 1. The first-order chi connectivity index (χ1) is 10.8. The average Bonchev–Trinajstić information content (AvgIpc) is 2.46. The molecule has 2 aromatic rings. The lowest BCUT2D eigenvalue weighted by molar-refractivity contribution is 0.101. The van der Waals surface area contributed by atoms with E-state index in [1.807, 2.05) is 6.92 Å². The van der Waals surface area contributed by atoms with Gasteiger partial charge in [0.2, 0.25) is 0 Å². The van der Waals surface area contributed by atoms with Crippen molar-refractivity contribution in [2.45, 2.75) is 13.8 Å². The first-order valence-corrected chi connectivity index (χ1v) is 7.55. The van der Waals surface area contributed by atoms with Gasteiger partial charge in [-0.1, -0.05) is 23.2 Å². The molecule has 120 valence electrons. The quantitative estimate of drug-likeness (QED) is 0.807. The molecule has 0 spiro atoms. The van der Waals surface area contributed by atoms with E-state index < -0.39 is 0 Å². The van der Waals surface area contributed by atoms with Crippen molar-refractivity contribution >= 4 is 40.6 Å². The minimum Gasteiger partial charge on any atom is -0.494 e. The number of ether oxygens (including phenoxy) is 1. The van der Waals surface area contributed by atoms with Crippen LogP contribution in [0.4, 0.5) is 5.69 Å². The van der Waals surface area contributed by atoms with E-state index in [4.69, 9.17) is 27.9 Å². The zero-order chi connectivity index (χ0) is 17.1. The van der Waals surface area contributed by atoms with Crippen LogP contribution in [0.5, 0.6) is 5.75 Å². The zero-order valence-electron chi connectivity index (χ0n) is 12.9. The Morgan fingerprint density at radius 2 is 1.70 bits per heavy atom.